The molecule has 0 aromatic carbocycles. The highest BCUT2D eigenvalue weighted by Gasteiger charge is 2.33. The van der Waals surface area contributed by atoms with Crippen molar-refractivity contribution in [3.8, 4) is 0 Å². The SMILES string of the molecule is CC(C)CN1CCN(C(=O)NCC2CCN(CC(F)(F)F)CC2)CC1=O. The summed E-state index contributed by atoms with van der Waals surface area (Å²) in [5.74, 6) is 0.532. The number of carbonyl (C=O) groups excluding carboxylic acids is 2. The molecule has 0 saturated carbocycles. The summed E-state index contributed by atoms with van der Waals surface area (Å²) in [4.78, 5) is 29.1. The third-order valence-electron chi connectivity index (χ3n) is 4.84. The summed E-state index contributed by atoms with van der Waals surface area (Å²) in [5.41, 5.74) is 0. The zero-order valence-electron chi connectivity index (χ0n) is 15.5. The van der Waals surface area contributed by atoms with E-state index in [2.05, 4.69) is 5.32 Å². The van der Waals surface area contributed by atoms with E-state index in [4.69, 9.17) is 0 Å². The van der Waals surface area contributed by atoms with Crippen molar-refractivity contribution in [1.29, 1.82) is 0 Å². The second-order valence-corrected chi connectivity index (χ2v) is 7.68. The van der Waals surface area contributed by atoms with Crippen molar-refractivity contribution in [2.45, 2.75) is 32.9 Å². The number of nitrogens with zero attached hydrogens (tertiary/aromatic N) is 3. The lowest BCUT2D eigenvalue weighted by Gasteiger charge is -2.36. The normalized spacial score (nSPS) is 20.8. The fourth-order valence-corrected chi connectivity index (χ4v) is 3.46. The summed E-state index contributed by atoms with van der Waals surface area (Å²) >= 11 is 0. The molecule has 150 valence electrons. The Balaban J connectivity index is 1.68. The van der Waals surface area contributed by atoms with Crippen LogP contribution >= 0.6 is 0 Å². The quantitative estimate of drug-likeness (QED) is 0.793. The molecule has 0 bridgehead atoms. The standard InChI is InChI=1S/C17H29F3N4O2/c1-13(2)10-23-7-8-24(11-15(23)25)16(26)21-9-14-3-5-22(6-4-14)12-17(18,19)20/h13-14H,3-12H2,1-2H3,(H,21,26). The van der Waals surface area contributed by atoms with Crippen LogP contribution in [0.2, 0.25) is 0 Å². The molecule has 2 heterocycles. The van der Waals surface area contributed by atoms with E-state index in [1.807, 2.05) is 13.8 Å². The van der Waals surface area contributed by atoms with Gasteiger partial charge < -0.3 is 15.1 Å². The fourth-order valence-electron chi connectivity index (χ4n) is 3.46. The highest BCUT2D eigenvalue weighted by atomic mass is 19.4. The van der Waals surface area contributed by atoms with Crippen LogP contribution in [-0.4, -0.2) is 85.2 Å². The maximum absolute atomic E-state index is 12.4. The van der Waals surface area contributed by atoms with Crippen molar-refractivity contribution in [2.24, 2.45) is 11.8 Å². The van der Waals surface area contributed by atoms with Gasteiger partial charge in [-0.05, 0) is 37.8 Å². The first-order valence-corrected chi connectivity index (χ1v) is 9.23. The van der Waals surface area contributed by atoms with Crippen molar-refractivity contribution in [3.05, 3.63) is 0 Å². The van der Waals surface area contributed by atoms with Crippen LogP contribution in [-0.2, 0) is 4.79 Å². The average Bonchev–Trinajstić information content (AvgIpc) is 2.54. The fraction of sp³-hybridized carbons (Fsp3) is 0.882. The molecule has 0 unspecified atom stereocenters. The van der Waals surface area contributed by atoms with E-state index in [9.17, 15) is 22.8 Å². The Labute approximate surface area is 152 Å². The molecule has 1 N–H and O–H groups in total. The van der Waals surface area contributed by atoms with Gasteiger partial charge in [0.25, 0.3) is 0 Å². The van der Waals surface area contributed by atoms with E-state index < -0.39 is 12.7 Å². The van der Waals surface area contributed by atoms with E-state index >= 15 is 0 Å². The van der Waals surface area contributed by atoms with Crippen LogP contribution in [0.5, 0.6) is 0 Å². The lowest BCUT2D eigenvalue weighted by molar-refractivity contribution is -0.148. The lowest BCUT2D eigenvalue weighted by atomic mass is 9.97. The largest absolute Gasteiger partial charge is 0.401 e. The van der Waals surface area contributed by atoms with Crippen LogP contribution in [0.1, 0.15) is 26.7 Å². The monoisotopic (exact) mass is 378 g/mol. The predicted octanol–water partition coefficient (Wildman–Crippen LogP) is 1.77. The molecule has 9 heteroatoms. The van der Waals surface area contributed by atoms with Crippen molar-refractivity contribution in [2.75, 3.05) is 52.4 Å². The van der Waals surface area contributed by atoms with Crippen LogP contribution in [0.15, 0.2) is 0 Å². The molecular formula is C17H29F3N4O2. The molecule has 0 aromatic heterocycles. The number of carbonyl (C=O) groups is 2. The number of halogens is 3. The number of likely N-dealkylation sites (tertiary alicyclic amines) is 1. The molecule has 0 radical (unpaired) electrons. The van der Waals surface area contributed by atoms with Crippen molar-refractivity contribution >= 4 is 11.9 Å². The van der Waals surface area contributed by atoms with E-state index in [-0.39, 0.29) is 24.4 Å². The Hall–Kier alpha value is -1.51. The summed E-state index contributed by atoms with van der Waals surface area (Å²) in [6, 6.07) is -0.264. The Morgan fingerprint density at radius 2 is 1.85 bits per heavy atom. The summed E-state index contributed by atoms with van der Waals surface area (Å²) in [6.45, 7) is 6.30. The number of alkyl halides is 3. The van der Waals surface area contributed by atoms with Crippen LogP contribution < -0.4 is 5.32 Å². The van der Waals surface area contributed by atoms with Crippen molar-refractivity contribution in [3.63, 3.8) is 0 Å². The maximum Gasteiger partial charge on any atom is 0.401 e. The average molecular weight is 378 g/mol. The van der Waals surface area contributed by atoms with Crippen LogP contribution in [0, 0.1) is 11.8 Å². The van der Waals surface area contributed by atoms with Gasteiger partial charge in [0.15, 0.2) is 0 Å². The maximum atomic E-state index is 12.4. The molecule has 0 spiro atoms. The van der Waals surface area contributed by atoms with Gasteiger partial charge in [-0.2, -0.15) is 13.2 Å². The van der Waals surface area contributed by atoms with Gasteiger partial charge in [-0.1, -0.05) is 13.8 Å². The van der Waals surface area contributed by atoms with Crippen molar-refractivity contribution < 1.29 is 22.8 Å². The molecule has 2 saturated heterocycles. The molecule has 26 heavy (non-hydrogen) atoms. The number of amides is 3. The Morgan fingerprint density at radius 1 is 1.19 bits per heavy atom. The third-order valence-corrected chi connectivity index (χ3v) is 4.84. The number of hydrogen-bond donors (Lipinski definition) is 1. The summed E-state index contributed by atoms with van der Waals surface area (Å²) in [5, 5.41) is 2.84. The molecule has 0 atom stereocenters. The second kappa shape index (κ2) is 8.92. The van der Waals surface area contributed by atoms with E-state index in [1.165, 1.54) is 9.80 Å². The van der Waals surface area contributed by atoms with Gasteiger partial charge in [0.2, 0.25) is 5.91 Å². The Bertz CT molecular complexity index is 491. The van der Waals surface area contributed by atoms with Crippen LogP contribution in [0.4, 0.5) is 18.0 Å². The molecule has 2 rings (SSSR count). The molecule has 6 nitrogen and oxygen atoms in total. The molecule has 2 fully saturated rings. The minimum absolute atomic E-state index is 0.0411. The first kappa shape index (κ1) is 20.8. The van der Waals surface area contributed by atoms with Crippen molar-refractivity contribution in [1.82, 2.24) is 20.0 Å². The topological polar surface area (TPSA) is 55.9 Å². The van der Waals surface area contributed by atoms with Gasteiger partial charge in [-0.15, -0.1) is 0 Å². The van der Waals surface area contributed by atoms with Gasteiger partial charge in [0.05, 0.1) is 6.54 Å². The van der Waals surface area contributed by atoms with E-state index in [1.54, 1.807) is 4.90 Å². The van der Waals surface area contributed by atoms with Gasteiger partial charge in [-0.25, -0.2) is 4.79 Å². The Morgan fingerprint density at radius 3 is 2.38 bits per heavy atom. The molecule has 2 aliphatic rings. The van der Waals surface area contributed by atoms with E-state index in [0.717, 1.165) is 0 Å². The highest BCUT2D eigenvalue weighted by Crippen LogP contribution is 2.22. The first-order chi connectivity index (χ1) is 12.1. The minimum Gasteiger partial charge on any atom is -0.339 e. The number of hydrogen-bond acceptors (Lipinski definition) is 3. The van der Waals surface area contributed by atoms with Gasteiger partial charge >= 0.3 is 12.2 Å². The molecular weight excluding hydrogens is 349 g/mol. The second-order valence-electron chi connectivity index (χ2n) is 7.68. The predicted molar refractivity (Wildman–Crippen MR) is 91.6 cm³/mol. The molecule has 0 aromatic rings. The molecule has 0 aliphatic carbocycles. The van der Waals surface area contributed by atoms with Gasteiger partial charge in [0.1, 0.15) is 6.54 Å². The van der Waals surface area contributed by atoms with Crippen LogP contribution in [0.3, 0.4) is 0 Å². The molecule has 3 amide bonds. The number of piperidine rings is 1. The summed E-state index contributed by atoms with van der Waals surface area (Å²) in [6.07, 6.45) is -2.89. The number of rotatable bonds is 5. The first-order valence-electron chi connectivity index (χ1n) is 9.23. The Kier molecular flexibility index (Phi) is 7.14. The zero-order valence-corrected chi connectivity index (χ0v) is 15.5. The zero-order chi connectivity index (χ0) is 19.3. The lowest BCUT2D eigenvalue weighted by Crippen LogP contribution is -2.55. The number of urea groups is 1. The number of piperazine rings is 1. The van der Waals surface area contributed by atoms with Crippen LogP contribution in [0.25, 0.3) is 0 Å². The smallest absolute Gasteiger partial charge is 0.339 e. The van der Waals surface area contributed by atoms with Gasteiger partial charge in [-0.3, -0.25) is 9.69 Å². The third kappa shape index (κ3) is 6.66. The molecule has 2 aliphatic heterocycles. The minimum atomic E-state index is -4.16. The number of nitrogens with one attached hydrogen (secondary N) is 1. The summed E-state index contributed by atoms with van der Waals surface area (Å²) in [7, 11) is 0. The highest BCUT2D eigenvalue weighted by molar-refractivity contribution is 5.85. The summed E-state index contributed by atoms with van der Waals surface area (Å²) < 4.78 is 37.2. The van der Waals surface area contributed by atoms with E-state index in [0.29, 0.717) is 58.0 Å². The van der Waals surface area contributed by atoms with Gasteiger partial charge in [0, 0.05) is 26.2 Å².